The van der Waals surface area contributed by atoms with Crippen molar-refractivity contribution in [3.63, 3.8) is 0 Å². The third-order valence-electron chi connectivity index (χ3n) is 3.08. The number of phenolic OH excluding ortho intramolecular Hbond substituents is 1. The highest BCUT2D eigenvalue weighted by molar-refractivity contribution is 8.18. The normalized spacial score (nSPS) is 18.6. The van der Waals surface area contributed by atoms with E-state index in [9.17, 15) is 9.90 Å². The number of amides is 1. The number of aromatic hydroxyl groups is 1. The molecular formula is C16H14N2O2S2. The first-order valence-corrected chi connectivity index (χ1v) is 8.49. The van der Waals surface area contributed by atoms with E-state index in [-0.39, 0.29) is 11.7 Å². The number of hydrogen-bond donors (Lipinski definition) is 1. The van der Waals surface area contributed by atoms with Gasteiger partial charge in [-0.25, -0.2) is 4.99 Å². The van der Waals surface area contributed by atoms with Gasteiger partial charge in [0.25, 0.3) is 5.91 Å². The van der Waals surface area contributed by atoms with Crippen LogP contribution < -0.4 is 0 Å². The number of hydrogen-bond acceptors (Lipinski definition) is 5. The summed E-state index contributed by atoms with van der Waals surface area (Å²) in [7, 11) is 0. The molecule has 0 saturated carbocycles. The van der Waals surface area contributed by atoms with Gasteiger partial charge >= 0.3 is 0 Å². The van der Waals surface area contributed by atoms with Crippen molar-refractivity contribution in [3.8, 4) is 5.75 Å². The van der Waals surface area contributed by atoms with E-state index in [1.165, 1.54) is 11.8 Å². The van der Waals surface area contributed by atoms with Gasteiger partial charge in [0.1, 0.15) is 5.75 Å². The smallest absolute Gasteiger partial charge is 0.266 e. The van der Waals surface area contributed by atoms with Crippen molar-refractivity contribution in [3.05, 3.63) is 51.6 Å². The molecule has 0 spiro atoms. The summed E-state index contributed by atoms with van der Waals surface area (Å²) in [5.74, 6) is 0.133. The molecule has 1 fully saturated rings. The minimum absolute atomic E-state index is 0.0280. The van der Waals surface area contributed by atoms with Gasteiger partial charge in [-0.05, 0) is 48.3 Å². The molecule has 112 valence electrons. The van der Waals surface area contributed by atoms with Crippen LogP contribution in [0.3, 0.4) is 0 Å². The number of carbonyl (C=O) groups excluding carboxylic acids is 1. The van der Waals surface area contributed by atoms with E-state index in [4.69, 9.17) is 0 Å². The fourth-order valence-electron chi connectivity index (χ4n) is 2.05. The van der Waals surface area contributed by atoms with E-state index >= 15 is 0 Å². The van der Waals surface area contributed by atoms with E-state index in [1.54, 1.807) is 40.5 Å². The van der Waals surface area contributed by atoms with Crippen molar-refractivity contribution in [1.29, 1.82) is 0 Å². The number of aliphatic imine (C=N–C) groups is 1. The van der Waals surface area contributed by atoms with Crippen molar-refractivity contribution in [2.45, 2.75) is 6.92 Å². The van der Waals surface area contributed by atoms with Crippen molar-refractivity contribution < 1.29 is 9.90 Å². The van der Waals surface area contributed by atoms with Crippen LogP contribution in [0.15, 0.2) is 51.7 Å². The van der Waals surface area contributed by atoms with Crippen LogP contribution >= 0.6 is 23.1 Å². The Kier molecular flexibility index (Phi) is 4.31. The Morgan fingerprint density at radius 2 is 2.18 bits per heavy atom. The number of benzene rings is 1. The average molecular weight is 330 g/mol. The lowest BCUT2D eigenvalue weighted by Gasteiger charge is -2.11. The van der Waals surface area contributed by atoms with Crippen molar-refractivity contribution in [2.24, 2.45) is 4.99 Å². The van der Waals surface area contributed by atoms with Crippen molar-refractivity contribution in [2.75, 3.05) is 6.54 Å². The Morgan fingerprint density at radius 1 is 1.32 bits per heavy atom. The molecule has 1 aliphatic heterocycles. The summed E-state index contributed by atoms with van der Waals surface area (Å²) < 4.78 is 0. The fourth-order valence-corrected chi connectivity index (χ4v) is 3.83. The third-order valence-corrected chi connectivity index (χ3v) is 4.90. The Labute approximate surface area is 136 Å². The molecule has 1 N–H and O–H groups in total. The monoisotopic (exact) mass is 330 g/mol. The molecule has 1 aromatic heterocycles. The number of likely N-dealkylation sites (N-methyl/N-ethyl adjacent to an activating group) is 1. The van der Waals surface area contributed by atoms with Gasteiger partial charge in [-0.1, -0.05) is 12.1 Å². The number of rotatable bonds is 3. The molecule has 0 unspecified atom stereocenters. The molecule has 4 nitrogen and oxygen atoms in total. The lowest BCUT2D eigenvalue weighted by molar-refractivity contribution is -0.122. The zero-order chi connectivity index (χ0) is 15.5. The molecule has 3 rings (SSSR count). The molecule has 0 radical (unpaired) electrons. The topological polar surface area (TPSA) is 52.9 Å². The van der Waals surface area contributed by atoms with Gasteiger partial charge in [0.05, 0.1) is 10.6 Å². The van der Waals surface area contributed by atoms with Crippen LogP contribution in [0.5, 0.6) is 5.75 Å². The Hall–Kier alpha value is -2.05. The van der Waals surface area contributed by atoms with Gasteiger partial charge in [-0.2, -0.15) is 0 Å². The fraction of sp³-hybridized carbons (Fsp3) is 0.125. The van der Waals surface area contributed by atoms with E-state index < -0.39 is 0 Å². The number of amidine groups is 1. The quantitative estimate of drug-likeness (QED) is 0.863. The van der Waals surface area contributed by atoms with Crippen LogP contribution in [0.4, 0.5) is 5.69 Å². The van der Waals surface area contributed by atoms with Crippen LogP contribution in [0.25, 0.3) is 6.08 Å². The number of thioether (sulfide) groups is 1. The van der Waals surface area contributed by atoms with Crippen LogP contribution in [0.1, 0.15) is 11.8 Å². The van der Waals surface area contributed by atoms with Crippen LogP contribution in [-0.4, -0.2) is 27.6 Å². The number of phenols is 1. The third kappa shape index (κ3) is 3.08. The largest absolute Gasteiger partial charge is 0.508 e. The molecule has 0 aliphatic carbocycles. The Balaban J connectivity index is 1.93. The molecule has 1 aromatic carbocycles. The summed E-state index contributed by atoms with van der Waals surface area (Å²) >= 11 is 2.96. The van der Waals surface area contributed by atoms with Gasteiger partial charge in [0.15, 0.2) is 5.17 Å². The molecule has 2 heterocycles. The van der Waals surface area contributed by atoms with Crippen LogP contribution in [-0.2, 0) is 4.79 Å². The van der Waals surface area contributed by atoms with Gasteiger partial charge < -0.3 is 5.11 Å². The molecule has 1 amide bonds. The maximum atomic E-state index is 12.4. The van der Waals surface area contributed by atoms with Crippen LogP contribution in [0, 0.1) is 0 Å². The predicted octanol–water partition coefficient (Wildman–Crippen LogP) is 4.08. The first kappa shape index (κ1) is 14.9. The summed E-state index contributed by atoms with van der Waals surface area (Å²) in [5.41, 5.74) is 0.631. The average Bonchev–Trinajstić information content (AvgIpc) is 3.09. The van der Waals surface area contributed by atoms with Gasteiger partial charge in [0.2, 0.25) is 0 Å². The highest BCUT2D eigenvalue weighted by Crippen LogP contribution is 2.34. The van der Waals surface area contributed by atoms with Crippen LogP contribution in [0.2, 0.25) is 0 Å². The highest BCUT2D eigenvalue weighted by Gasteiger charge is 2.32. The first-order chi connectivity index (χ1) is 10.7. The zero-order valence-electron chi connectivity index (χ0n) is 11.9. The molecular weight excluding hydrogens is 316 g/mol. The molecule has 1 saturated heterocycles. The lowest BCUT2D eigenvalue weighted by atomic mass is 10.3. The van der Waals surface area contributed by atoms with Gasteiger partial charge in [-0.15, -0.1) is 11.3 Å². The van der Waals surface area contributed by atoms with E-state index in [0.717, 1.165) is 4.88 Å². The highest BCUT2D eigenvalue weighted by atomic mass is 32.2. The maximum absolute atomic E-state index is 12.4. The first-order valence-electron chi connectivity index (χ1n) is 6.80. The summed E-state index contributed by atoms with van der Waals surface area (Å²) in [6.45, 7) is 2.48. The summed E-state index contributed by atoms with van der Waals surface area (Å²) in [4.78, 5) is 20.3. The number of carbonyl (C=O) groups is 1. The van der Waals surface area contributed by atoms with E-state index in [2.05, 4.69) is 4.99 Å². The number of thiophene rings is 1. The maximum Gasteiger partial charge on any atom is 0.266 e. The second kappa shape index (κ2) is 6.37. The predicted molar refractivity (Wildman–Crippen MR) is 92.5 cm³/mol. The SMILES string of the molecule is CCN1C(=O)/C(=C/c2cccs2)SC1=Nc1cccc(O)c1. The summed E-state index contributed by atoms with van der Waals surface area (Å²) in [6, 6.07) is 10.6. The minimum Gasteiger partial charge on any atom is -0.508 e. The van der Waals surface area contributed by atoms with Crippen molar-refractivity contribution in [1.82, 2.24) is 4.90 Å². The molecule has 2 aromatic rings. The van der Waals surface area contributed by atoms with Gasteiger partial charge in [0, 0.05) is 17.5 Å². The molecule has 0 atom stereocenters. The van der Waals surface area contributed by atoms with Gasteiger partial charge in [-0.3, -0.25) is 9.69 Å². The van der Waals surface area contributed by atoms with E-state index in [0.29, 0.717) is 22.3 Å². The Bertz CT molecular complexity index is 751. The van der Waals surface area contributed by atoms with Crippen molar-refractivity contribution >= 4 is 45.9 Å². The summed E-state index contributed by atoms with van der Waals surface area (Å²) in [6.07, 6.45) is 1.89. The molecule has 6 heteroatoms. The number of nitrogens with zero attached hydrogens (tertiary/aromatic N) is 2. The molecule has 0 bridgehead atoms. The Morgan fingerprint density at radius 3 is 2.86 bits per heavy atom. The minimum atomic E-state index is -0.0280. The van der Waals surface area contributed by atoms with E-state index in [1.807, 2.05) is 30.5 Å². The second-order valence-electron chi connectivity index (χ2n) is 4.59. The second-order valence-corrected chi connectivity index (χ2v) is 6.58. The lowest BCUT2D eigenvalue weighted by Crippen LogP contribution is -2.28. The molecule has 22 heavy (non-hydrogen) atoms. The zero-order valence-corrected chi connectivity index (χ0v) is 13.5. The summed E-state index contributed by atoms with van der Waals surface area (Å²) in [5, 5.41) is 12.1. The standard InChI is InChI=1S/C16H14N2O2S2/c1-2-18-15(20)14(10-13-7-4-8-21-13)22-16(18)17-11-5-3-6-12(19)9-11/h3-10,19H,2H2,1H3/b14-10-,17-16?. The molecule has 1 aliphatic rings.